The number of rotatable bonds is 8. The lowest BCUT2D eigenvalue weighted by Gasteiger charge is -2.50. The lowest BCUT2D eigenvalue weighted by Crippen LogP contribution is -2.57. The van der Waals surface area contributed by atoms with E-state index in [2.05, 4.69) is 18.7 Å². The summed E-state index contributed by atoms with van der Waals surface area (Å²) in [5.74, 6) is -1.21. The Kier molecular flexibility index (Phi) is 6.90. The molecule has 0 radical (unpaired) electrons. The summed E-state index contributed by atoms with van der Waals surface area (Å²) in [6.07, 6.45) is 2.69. The summed E-state index contributed by atoms with van der Waals surface area (Å²) in [7, 11) is -3.80. The second kappa shape index (κ2) is 9.30. The summed E-state index contributed by atoms with van der Waals surface area (Å²) >= 11 is 12.3. The van der Waals surface area contributed by atoms with Gasteiger partial charge in [0, 0.05) is 40.7 Å². The Morgan fingerprint density at radius 1 is 1.21 bits per heavy atom. The maximum absolute atomic E-state index is 14.7. The summed E-state index contributed by atoms with van der Waals surface area (Å²) in [5, 5.41) is 1.20. The van der Waals surface area contributed by atoms with Crippen LogP contribution in [0.4, 0.5) is 4.39 Å². The highest BCUT2D eigenvalue weighted by molar-refractivity contribution is 7.89. The predicted octanol–water partition coefficient (Wildman–Crippen LogP) is 5.16. The molecule has 0 bridgehead atoms. The van der Waals surface area contributed by atoms with Gasteiger partial charge in [0.15, 0.2) is 0 Å². The van der Waals surface area contributed by atoms with E-state index < -0.39 is 21.7 Å². The van der Waals surface area contributed by atoms with Crippen LogP contribution in [0.5, 0.6) is 5.75 Å². The standard InChI is InChI=1S/C24H27Cl2FN2O4S/c1-14(16-6-17(25)8-18(26)7-16)29-11-24(2,12-29)13-33-22-10-21(27)20(9-19(22)15-4-5-15)23(30)28-34(3,31)32/h6-10,14-15H,4-5,11-13H2,1-3H3,(H,28,30). The Labute approximate surface area is 209 Å². The molecule has 184 valence electrons. The SMILES string of the molecule is CC(c1cc(Cl)cc(Cl)c1)N1CC(C)(COc2cc(F)c(C(=O)NS(C)(=O)=O)cc2C2CC2)C1. The molecule has 0 aromatic heterocycles. The molecular weight excluding hydrogens is 502 g/mol. The molecule has 2 aromatic carbocycles. The van der Waals surface area contributed by atoms with E-state index in [0.717, 1.165) is 43.3 Å². The first-order chi connectivity index (χ1) is 15.8. The fourth-order valence-electron chi connectivity index (χ4n) is 4.39. The van der Waals surface area contributed by atoms with E-state index in [1.165, 1.54) is 12.1 Å². The van der Waals surface area contributed by atoms with Gasteiger partial charge in [0.2, 0.25) is 10.0 Å². The molecule has 1 saturated carbocycles. The van der Waals surface area contributed by atoms with Crippen LogP contribution in [0.3, 0.4) is 0 Å². The van der Waals surface area contributed by atoms with Crippen LogP contribution in [0.25, 0.3) is 0 Å². The number of nitrogens with zero attached hydrogens (tertiary/aromatic N) is 1. The molecule has 34 heavy (non-hydrogen) atoms. The molecule has 6 nitrogen and oxygen atoms in total. The summed E-state index contributed by atoms with van der Waals surface area (Å²) in [4.78, 5) is 14.5. The van der Waals surface area contributed by atoms with Gasteiger partial charge < -0.3 is 4.74 Å². The van der Waals surface area contributed by atoms with Gasteiger partial charge in [-0.05, 0) is 61.1 Å². The zero-order valence-corrected chi connectivity index (χ0v) is 21.5. The van der Waals surface area contributed by atoms with Gasteiger partial charge in [-0.2, -0.15) is 0 Å². The largest absolute Gasteiger partial charge is 0.493 e. The third kappa shape index (κ3) is 5.85. The third-order valence-corrected chi connectivity index (χ3v) is 7.29. The van der Waals surface area contributed by atoms with Crippen LogP contribution in [-0.4, -0.2) is 45.2 Å². The zero-order chi connectivity index (χ0) is 24.8. The van der Waals surface area contributed by atoms with Crippen LogP contribution in [0, 0.1) is 11.2 Å². The van der Waals surface area contributed by atoms with E-state index in [1.807, 2.05) is 16.9 Å². The molecule has 10 heteroatoms. The van der Waals surface area contributed by atoms with Crippen molar-refractivity contribution in [2.45, 2.75) is 38.6 Å². The lowest BCUT2D eigenvalue weighted by molar-refractivity contribution is -0.0429. The Balaban J connectivity index is 1.43. The molecule has 1 atom stereocenters. The minimum absolute atomic E-state index is 0.125. The fraction of sp³-hybridized carbons (Fsp3) is 0.458. The average molecular weight is 529 g/mol. The highest BCUT2D eigenvalue weighted by Crippen LogP contribution is 2.46. The first-order valence-electron chi connectivity index (χ1n) is 11.0. The molecule has 2 aliphatic rings. The van der Waals surface area contributed by atoms with Crippen molar-refractivity contribution in [3.05, 3.63) is 62.9 Å². The lowest BCUT2D eigenvalue weighted by atomic mass is 9.81. The number of carbonyl (C=O) groups is 1. The maximum atomic E-state index is 14.7. The minimum atomic E-state index is -3.80. The van der Waals surface area contributed by atoms with Gasteiger partial charge in [-0.3, -0.25) is 9.69 Å². The van der Waals surface area contributed by atoms with E-state index in [9.17, 15) is 17.6 Å². The molecule has 1 aliphatic heterocycles. The Morgan fingerprint density at radius 3 is 2.38 bits per heavy atom. The first kappa shape index (κ1) is 25.2. The molecule has 0 spiro atoms. The Hall–Kier alpha value is -1.87. The Morgan fingerprint density at radius 2 is 1.82 bits per heavy atom. The van der Waals surface area contributed by atoms with Crippen LogP contribution in [-0.2, 0) is 10.0 Å². The van der Waals surface area contributed by atoms with E-state index in [0.29, 0.717) is 22.4 Å². The minimum Gasteiger partial charge on any atom is -0.493 e. The number of halogens is 3. The van der Waals surface area contributed by atoms with Crippen LogP contribution in [0.15, 0.2) is 30.3 Å². The van der Waals surface area contributed by atoms with Crippen molar-refractivity contribution in [1.29, 1.82) is 0 Å². The number of likely N-dealkylation sites (tertiary alicyclic amines) is 1. The number of hydrogen-bond acceptors (Lipinski definition) is 5. The molecule has 1 unspecified atom stereocenters. The smallest absolute Gasteiger partial charge is 0.267 e. The van der Waals surface area contributed by atoms with Gasteiger partial charge in [0.25, 0.3) is 5.91 Å². The second-order valence-electron chi connectivity index (χ2n) is 9.73. The second-order valence-corrected chi connectivity index (χ2v) is 12.4. The molecule has 4 rings (SSSR count). The summed E-state index contributed by atoms with van der Waals surface area (Å²) < 4.78 is 45.4. The molecule has 2 aromatic rings. The van der Waals surface area contributed by atoms with Crippen LogP contribution in [0.2, 0.25) is 10.0 Å². The summed E-state index contributed by atoms with van der Waals surface area (Å²) in [6.45, 7) is 6.18. The number of carbonyl (C=O) groups excluding carboxylic acids is 1. The molecule has 1 N–H and O–H groups in total. The van der Waals surface area contributed by atoms with Crippen molar-refractivity contribution < 1.29 is 22.3 Å². The van der Waals surface area contributed by atoms with Crippen molar-refractivity contribution in [1.82, 2.24) is 9.62 Å². The highest BCUT2D eigenvalue weighted by atomic mass is 35.5. The molecule has 1 heterocycles. The number of benzene rings is 2. The van der Waals surface area contributed by atoms with E-state index in [4.69, 9.17) is 27.9 Å². The highest BCUT2D eigenvalue weighted by Gasteiger charge is 2.42. The van der Waals surface area contributed by atoms with Gasteiger partial charge in [-0.15, -0.1) is 0 Å². The van der Waals surface area contributed by atoms with Gasteiger partial charge in [-0.1, -0.05) is 30.1 Å². The maximum Gasteiger partial charge on any atom is 0.267 e. The van der Waals surface area contributed by atoms with Crippen LogP contribution < -0.4 is 9.46 Å². The van der Waals surface area contributed by atoms with E-state index >= 15 is 0 Å². The molecule has 1 saturated heterocycles. The topological polar surface area (TPSA) is 75.7 Å². The van der Waals surface area contributed by atoms with Crippen LogP contribution in [0.1, 0.15) is 60.1 Å². The quantitative estimate of drug-likeness (QED) is 0.511. The third-order valence-electron chi connectivity index (χ3n) is 6.30. The number of hydrogen-bond donors (Lipinski definition) is 1. The summed E-state index contributed by atoms with van der Waals surface area (Å²) in [6, 6.07) is 8.29. The van der Waals surface area contributed by atoms with Crippen molar-refractivity contribution in [3.63, 3.8) is 0 Å². The molecule has 1 amide bonds. The van der Waals surface area contributed by atoms with Crippen molar-refractivity contribution >= 4 is 39.1 Å². The fourth-order valence-corrected chi connectivity index (χ4v) is 5.38. The van der Waals surface area contributed by atoms with Gasteiger partial charge in [-0.25, -0.2) is 17.5 Å². The number of sulfonamides is 1. The van der Waals surface area contributed by atoms with E-state index in [-0.39, 0.29) is 22.9 Å². The Bertz CT molecular complexity index is 1210. The number of amides is 1. The summed E-state index contributed by atoms with van der Waals surface area (Å²) in [5.41, 5.74) is 1.36. The monoisotopic (exact) mass is 528 g/mol. The normalized spacial score (nSPS) is 18.8. The van der Waals surface area contributed by atoms with Gasteiger partial charge >= 0.3 is 0 Å². The van der Waals surface area contributed by atoms with Crippen molar-refractivity contribution in [3.8, 4) is 5.75 Å². The van der Waals surface area contributed by atoms with Gasteiger partial charge in [0.05, 0.1) is 18.4 Å². The molecular formula is C24H27Cl2FN2O4S. The predicted molar refractivity (Wildman–Crippen MR) is 131 cm³/mol. The first-order valence-corrected chi connectivity index (χ1v) is 13.7. The van der Waals surface area contributed by atoms with Crippen LogP contribution >= 0.6 is 23.2 Å². The number of ether oxygens (including phenoxy) is 1. The molecule has 2 fully saturated rings. The average Bonchev–Trinajstić information content (AvgIpc) is 3.52. The molecule has 1 aliphatic carbocycles. The van der Waals surface area contributed by atoms with Crippen molar-refractivity contribution in [2.24, 2.45) is 5.41 Å². The van der Waals surface area contributed by atoms with Gasteiger partial charge in [0.1, 0.15) is 11.6 Å². The van der Waals surface area contributed by atoms with E-state index in [1.54, 1.807) is 6.07 Å². The van der Waals surface area contributed by atoms with Crippen molar-refractivity contribution in [2.75, 3.05) is 26.0 Å². The zero-order valence-electron chi connectivity index (χ0n) is 19.2. The number of nitrogens with one attached hydrogen (secondary N) is 1.